The molecule has 0 spiro atoms. The fourth-order valence-electron chi connectivity index (χ4n) is 3.89. The third-order valence-corrected chi connectivity index (χ3v) is 7.99. The molecule has 11 heteroatoms. The molecule has 9 nitrogen and oxygen atoms in total. The molecular weight excluding hydrogens is 452 g/mol. The van der Waals surface area contributed by atoms with Gasteiger partial charge in [0.15, 0.2) is 11.5 Å². The van der Waals surface area contributed by atoms with E-state index in [2.05, 4.69) is 14.1 Å². The lowest BCUT2D eigenvalue weighted by Gasteiger charge is -2.23. The maximum absolute atomic E-state index is 13.3. The highest BCUT2D eigenvalue weighted by Gasteiger charge is 2.40. The summed E-state index contributed by atoms with van der Waals surface area (Å²) in [5.41, 5.74) is 1.85. The highest BCUT2D eigenvalue weighted by Crippen LogP contribution is 2.30. The maximum atomic E-state index is 13.3. The summed E-state index contributed by atoms with van der Waals surface area (Å²) in [5.74, 6) is 0.961. The molecule has 170 valence electrons. The topological polar surface area (TPSA) is 111 Å². The number of rotatable bonds is 8. The van der Waals surface area contributed by atoms with E-state index in [0.29, 0.717) is 54.9 Å². The van der Waals surface area contributed by atoms with Gasteiger partial charge in [0.1, 0.15) is 22.0 Å². The summed E-state index contributed by atoms with van der Waals surface area (Å²) in [6, 6.07) is 9.72. The van der Waals surface area contributed by atoms with Crippen LogP contribution >= 0.6 is 11.7 Å². The lowest BCUT2D eigenvalue weighted by molar-refractivity contribution is -0.124. The fraction of sp³-hybridized carbons (Fsp3) is 0.381. The van der Waals surface area contributed by atoms with E-state index in [1.807, 2.05) is 18.2 Å². The number of methoxy groups -OCH3 is 2. The number of nitrogens with zero attached hydrogens (tertiary/aromatic N) is 3. The zero-order valence-corrected chi connectivity index (χ0v) is 19.4. The van der Waals surface area contributed by atoms with Gasteiger partial charge in [0.05, 0.1) is 25.9 Å². The van der Waals surface area contributed by atoms with Crippen LogP contribution in [0.25, 0.3) is 11.0 Å². The highest BCUT2D eigenvalue weighted by molar-refractivity contribution is 7.89. The van der Waals surface area contributed by atoms with Crippen molar-refractivity contribution in [1.29, 1.82) is 0 Å². The van der Waals surface area contributed by atoms with Crippen LogP contribution in [0.15, 0.2) is 41.3 Å². The highest BCUT2D eigenvalue weighted by atomic mass is 32.2. The van der Waals surface area contributed by atoms with E-state index in [4.69, 9.17) is 9.47 Å². The Morgan fingerprint density at radius 1 is 1.19 bits per heavy atom. The molecule has 1 N–H and O–H groups in total. The molecule has 2 aromatic carbocycles. The van der Waals surface area contributed by atoms with E-state index in [1.165, 1.54) is 10.4 Å². The first-order chi connectivity index (χ1) is 15.5. The summed E-state index contributed by atoms with van der Waals surface area (Å²) in [6.07, 6.45) is 1.68. The van der Waals surface area contributed by atoms with Gasteiger partial charge in [0.2, 0.25) is 15.9 Å². The normalized spacial score (nSPS) is 16.9. The van der Waals surface area contributed by atoms with Crippen molar-refractivity contribution in [3.8, 4) is 11.5 Å². The Hall–Kier alpha value is -2.76. The first-order valence-corrected chi connectivity index (χ1v) is 12.3. The summed E-state index contributed by atoms with van der Waals surface area (Å²) in [6.45, 7) is 0.675. The third-order valence-electron chi connectivity index (χ3n) is 5.50. The van der Waals surface area contributed by atoms with Gasteiger partial charge in [-0.15, -0.1) is 0 Å². The van der Waals surface area contributed by atoms with Crippen LogP contribution in [-0.2, 0) is 21.2 Å². The van der Waals surface area contributed by atoms with E-state index >= 15 is 0 Å². The van der Waals surface area contributed by atoms with Crippen molar-refractivity contribution < 1.29 is 22.7 Å². The second-order valence-electron chi connectivity index (χ2n) is 7.39. The van der Waals surface area contributed by atoms with Crippen molar-refractivity contribution in [3.63, 3.8) is 0 Å². The Bertz CT molecular complexity index is 1230. The number of amides is 1. The minimum Gasteiger partial charge on any atom is -0.493 e. The van der Waals surface area contributed by atoms with E-state index in [-0.39, 0.29) is 10.8 Å². The average Bonchev–Trinajstić information content (AvgIpc) is 3.48. The number of hydrogen-bond donors (Lipinski definition) is 1. The fourth-order valence-corrected chi connectivity index (χ4v) is 6.30. The van der Waals surface area contributed by atoms with E-state index < -0.39 is 16.1 Å². The molecule has 1 aliphatic heterocycles. The molecule has 0 saturated carbocycles. The monoisotopic (exact) mass is 476 g/mol. The van der Waals surface area contributed by atoms with E-state index in [1.54, 1.807) is 26.4 Å². The van der Waals surface area contributed by atoms with Crippen LogP contribution in [0.4, 0.5) is 0 Å². The van der Waals surface area contributed by atoms with Gasteiger partial charge in [-0.3, -0.25) is 4.79 Å². The maximum Gasteiger partial charge on any atom is 0.246 e. The standard InChI is InChI=1S/C21H24N4O5S2/c1-29-17-9-8-14(13-18(17)30-2)10-11-22-21(26)16-6-4-12-25(16)32(27,28)19-7-3-5-15-20(19)24-31-23-15/h3,5,7-9,13,16H,4,6,10-12H2,1-2H3,(H,22,26)/t16-/m1/s1. The van der Waals surface area contributed by atoms with Crippen molar-refractivity contribution in [2.24, 2.45) is 0 Å². The Labute approximate surface area is 190 Å². The van der Waals surface area contributed by atoms with Crippen molar-refractivity contribution in [3.05, 3.63) is 42.0 Å². The van der Waals surface area contributed by atoms with Gasteiger partial charge in [-0.25, -0.2) is 8.42 Å². The lowest BCUT2D eigenvalue weighted by atomic mass is 10.1. The number of ether oxygens (including phenoxy) is 2. The van der Waals surface area contributed by atoms with Crippen molar-refractivity contribution in [2.45, 2.75) is 30.2 Å². The SMILES string of the molecule is COc1ccc(CCNC(=O)[C@H]2CCCN2S(=O)(=O)c2cccc3nsnc23)cc1OC. The molecule has 3 aromatic rings. The largest absolute Gasteiger partial charge is 0.493 e. The minimum absolute atomic E-state index is 0.0915. The van der Waals surface area contributed by atoms with Gasteiger partial charge >= 0.3 is 0 Å². The minimum atomic E-state index is -3.88. The smallest absolute Gasteiger partial charge is 0.246 e. The van der Waals surface area contributed by atoms with Gasteiger partial charge < -0.3 is 14.8 Å². The summed E-state index contributed by atoms with van der Waals surface area (Å²) in [5, 5.41) is 2.88. The predicted octanol–water partition coefficient (Wildman–Crippen LogP) is 2.22. The number of hydrogen-bond acceptors (Lipinski definition) is 8. The molecule has 0 unspecified atom stereocenters. The van der Waals surface area contributed by atoms with Crippen LogP contribution in [0.5, 0.6) is 11.5 Å². The molecular formula is C21H24N4O5S2. The van der Waals surface area contributed by atoms with E-state index in [9.17, 15) is 13.2 Å². The van der Waals surface area contributed by atoms with Gasteiger partial charge in [0.25, 0.3) is 0 Å². The van der Waals surface area contributed by atoms with Crippen LogP contribution < -0.4 is 14.8 Å². The van der Waals surface area contributed by atoms with Crippen molar-refractivity contribution in [2.75, 3.05) is 27.3 Å². The molecule has 32 heavy (non-hydrogen) atoms. The van der Waals surface area contributed by atoms with Crippen LogP contribution in [0, 0.1) is 0 Å². The Kier molecular flexibility index (Phi) is 6.58. The van der Waals surface area contributed by atoms with Gasteiger partial charge in [0, 0.05) is 13.1 Å². The quantitative estimate of drug-likeness (QED) is 0.531. The van der Waals surface area contributed by atoms with Crippen LogP contribution in [0.1, 0.15) is 18.4 Å². The Morgan fingerprint density at radius 3 is 2.78 bits per heavy atom. The molecule has 1 aromatic heterocycles. The van der Waals surface area contributed by atoms with Crippen LogP contribution in [0.2, 0.25) is 0 Å². The Morgan fingerprint density at radius 2 is 2.00 bits per heavy atom. The second-order valence-corrected chi connectivity index (χ2v) is 9.78. The number of nitrogens with one attached hydrogen (secondary N) is 1. The van der Waals surface area contributed by atoms with Crippen molar-refractivity contribution >= 4 is 38.7 Å². The predicted molar refractivity (Wildman–Crippen MR) is 121 cm³/mol. The molecule has 1 saturated heterocycles. The van der Waals surface area contributed by atoms with Gasteiger partial charge in [-0.05, 0) is 49.1 Å². The first-order valence-electron chi connectivity index (χ1n) is 10.2. The first kappa shape index (κ1) is 22.4. The summed E-state index contributed by atoms with van der Waals surface area (Å²) < 4.78 is 46.8. The van der Waals surface area contributed by atoms with E-state index in [0.717, 1.165) is 17.3 Å². The molecule has 1 fully saturated rings. The number of sulfonamides is 1. The lowest BCUT2D eigenvalue weighted by Crippen LogP contribution is -2.46. The number of aromatic nitrogens is 2. The Balaban J connectivity index is 1.44. The molecule has 2 heterocycles. The second kappa shape index (κ2) is 9.39. The zero-order valence-electron chi connectivity index (χ0n) is 17.8. The van der Waals surface area contributed by atoms with Crippen LogP contribution in [0.3, 0.4) is 0 Å². The van der Waals surface area contributed by atoms with Crippen molar-refractivity contribution in [1.82, 2.24) is 18.4 Å². The summed E-state index contributed by atoms with van der Waals surface area (Å²) in [7, 11) is -0.733. The number of fused-ring (bicyclic) bond motifs is 1. The zero-order chi connectivity index (χ0) is 22.7. The number of carbonyl (C=O) groups is 1. The number of carbonyl (C=O) groups excluding carboxylic acids is 1. The molecule has 1 atom stereocenters. The van der Waals surface area contributed by atoms with Crippen LogP contribution in [-0.4, -0.2) is 60.7 Å². The molecule has 0 bridgehead atoms. The molecule has 1 amide bonds. The molecule has 4 rings (SSSR count). The number of benzene rings is 2. The van der Waals surface area contributed by atoms with Gasteiger partial charge in [-0.2, -0.15) is 13.1 Å². The summed E-state index contributed by atoms with van der Waals surface area (Å²) in [4.78, 5) is 13.0. The average molecular weight is 477 g/mol. The summed E-state index contributed by atoms with van der Waals surface area (Å²) >= 11 is 0.968. The molecule has 0 radical (unpaired) electrons. The van der Waals surface area contributed by atoms with Gasteiger partial charge in [-0.1, -0.05) is 12.1 Å². The molecule has 0 aliphatic carbocycles. The molecule has 1 aliphatic rings. The third kappa shape index (κ3) is 4.27.